The Hall–Kier alpha value is -2.79. The van der Waals surface area contributed by atoms with E-state index in [4.69, 9.17) is 0 Å². The number of hydrogen-bond acceptors (Lipinski definition) is 3. The molecule has 0 saturated heterocycles. The van der Waals surface area contributed by atoms with Crippen LogP contribution in [0.1, 0.15) is 5.56 Å². The Morgan fingerprint density at radius 3 is 2.56 bits per heavy atom. The minimum absolute atomic E-state index is 0.0962. The average Bonchev–Trinajstić information content (AvgIpc) is 3.14. The van der Waals surface area contributed by atoms with Crippen molar-refractivity contribution in [3.8, 4) is 5.69 Å². The Balaban J connectivity index is 1.44. The van der Waals surface area contributed by atoms with Crippen LogP contribution in [0, 0.1) is 0 Å². The van der Waals surface area contributed by atoms with Crippen molar-refractivity contribution >= 4 is 23.7 Å². The van der Waals surface area contributed by atoms with Crippen LogP contribution in [0.4, 0.5) is 0 Å². The lowest BCUT2D eigenvalue weighted by atomic mass is 10.3. The van der Waals surface area contributed by atoms with Gasteiger partial charge in [0.1, 0.15) is 0 Å². The number of carbonyl (C=O) groups excluding carboxylic acids is 1. The molecule has 2 aromatic carbocycles. The highest BCUT2D eigenvalue weighted by Crippen LogP contribution is 2.15. The first kappa shape index (κ1) is 17.0. The van der Waals surface area contributed by atoms with Crippen LogP contribution < -0.4 is 5.32 Å². The second-order valence-corrected chi connectivity index (χ2v) is 6.51. The molecule has 0 unspecified atom stereocenters. The number of carbonyl (C=O) groups is 1. The number of benzene rings is 2. The molecular weight excluding hydrogens is 330 g/mol. The smallest absolute Gasteiger partial charge is 0.244 e. The molecule has 1 amide bonds. The van der Waals surface area contributed by atoms with Crippen LogP contribution in [0.2, 0.25) is 0 Å². The van der Waals surface area contributed by atoms with E-state index in [-0.39, 0.29) is 5.91 Å². The summed E-state index contributed by atoms with van der Waals surface area (Å²) >= 11 is 1.73. The maximum Gasteiger partial charge on any atom is 0.244 e. The molecule has 3 aromatic rings. The van der Waals surface area contributed by atoms with Crippen LogP contribution in [0.15, 0.2) is 84.0 Å². The van der Waals surface area contributed by atoms with Gasteiger partial charge in [-0.1, -0.05) is 36.4 Å². The Labute approximate surface area is 151 Å². The lowest BCUT2D eigenvalue weighted by molar-refractivity contribution is -0.116. The third kappa shape index (κ3) is 5.36. The number of nitrogens with one attached hydrogen (secondary N) is 1. The molecule has 0 bridgehead atoms. The molecule has 0 saturated carbocycles. The molecule has 5 heteroatoms. The van der Waals surface area contributed by atoms with Crippen LogP contribution in [0.25, 0.3) is 11.8 Å². The summed E-state index contributed by atoms with van der Waals surface area (Å²) in [7, 11) is 0. The SMILES string of the molecule is O=C(/C=C/c1cnn(-c2ccccc2)c1)NCCSc1ccccc1. The summed E-state index contributed by atoms with van der Waals surface area (Å²) in [6.45, 7) is 0.631. The highest BCUT2D eigenvalue weighted by Gasteiger charge is 2.00. The number of hydrogen-bond donors (Lipinski definition) is 1. The second-order valence-electron chi connectivity index (χ2n) is 5.34. The van der Waals surface area contributed by atoms with Gasteiger partial charge in [-0.05, 0) is 30.3 Å². The zero-order valence-corrected chi connectivity index (χ0v) is 14.5. The second kappa shape index (κ2) is 8.89. The highest BCUT2D eigenvalue weighted by atomic mass is 32.2. The van der Waals surface area contributed by atoms with Gasteiger partial charge >= 0.3 is 0 Å². The van der Waals surface area contributed by atoms with E-state index in [2.05, 4.69) is 22.5 Å². The van der Waals surface area contributed by atoms with E-state index in [1.54, 1.807) is 34.8 Å². The van der Waals surface area contributed by atoms with E-state index in [0.29, 0.717) is 6.54 Å². The molecular formula is C20H19N3OS. The highest BCUT2D eigenvalue weighted by molar-refractivity contribution is 7.99. The van der Waals surface area contributed by atoms with Crippen molar-refractivity contribution < 1.29 is 4.79 Å². The standard InChI is InChI=1S/C20H19N3OS/c24-20(21-13-14-25-19-9-5-2-6-10-19)12-11-17-15-22-23(16-17)18-7-3-1-4-8-18/h1-12,15-16H,13-14H2,(H,21,24)/b12-11+. The molecule has 0 radical (unpaired) electrons. The fourth-order valence-electron chi connectivity index (χ4n) is 2.24. The molecule has 0 atom stereocenters. The first-order chi connectivity index (χ1) is 12.3. The zero-order valence-electron chi connectivity index (χ0n) is 13.7. The van der Waals surface area contributed by atoms with Gasteiger partial charge in [0.05, 0.1) is 11.9 Å². The van der Waals surface area contributed by atoms with Crippen molar-refractivity contribution in [1.82, 2.24) is 15.1 Å². The van der Waals surface area contributed by atoms with E-state index in [9.17, 15) is 4.79 Å². The molecule has 0 aliphatic carbocycles. The summed E-state index contributed by atoms with van der Waals surface area (Å²) in [4.78, 5) is 13.1. The van der Waals surface area contributed by atoms with Gasteiger partial charge in [-0.25, -0.2) is 4.68 Å². The average molecular weight is 349 g/mol. The van der Waals surface area contributed by atoms with Gasteiger partial charge in [-0.3, -0.25) is 4.79 Å². The molecule has 1 aromatic heterocycles. The van der Waals surface area contributed by atoms with Gasteiger partial charge in [-0.15, -0.1) is 11.8 Å². The Morgan fingerprint density at radius 1 is 1.08 bits per heavy atom. The van der Waals surface area contributed by atoms with Crippen molar-refractivity contribution in [3.63, 3.8) is 0 Å². The molecule has 1 heterocycles. The minimum atomic E-state index is -0.0962. The molecule has 0 aliphatic rings. The fraction of sp³-hybridized carbons (Fsp3) is 0.100. The summed E-state index contributed by atoms with van der Waals surface area (Å²) in [5.74, 6) is 0.747. The topological polar surface area (TPSA) is 46.9 Å². The minimum Gasteiger partial charge on any atom is -0.352 e. The lowest BCUT2D eigenvalue weighted by Crippen LogP contribution is -2.23. The monoisotopic (exact) mass is 349 g/mol. The van der Waals surface area contributed by atoms with Crippen molar-refractivity contribution in [2.45, 2.75) is 4.90 Å². The van der Waals surface area contributed by atoms with Gasteiger partial charge < -0.3 is 5.32 Å². The molecule has 4 nitrogen and oxygen atoms in total. The van der Waals surface area contributed by atoms with E-state index >= 15 is 0 Å². The van der Waals surface area contributed by atoms with Crippen molar-refractivity contribution in [3.05, 3.63) is 84.7 Å². The van der Waals surface area contributed by atoms with Crippen molar-refractivity contribution in [1.29, 1.82) is 0 Å². The number of thioether (sulfide) groups is 1. The van der Waals surface area contributed by atoms with Gasteiger partial charge in [0.25, 0.3) is 0 Å². The predicted molar refractivity (Wildman–Crippen MR) is 103 cm³/mol. The quantitative estimate of drug-likeness (QED) is 0.401. The van der Waals surface area contributed by atoms with Gasteiger partial charge in [0.15, 0.2) is 0 Å². The first-order valence-electron chi connectivity index (χ1n) is 8.05. The van der Waals surface area contributed by atoms with E-state index in [1.165, 1.54) is 4.90 Å². The Kier molecular flexibility index (Phi) is 6.06. The summed E-state index contributed by atoms with van der Waals surface area (Å²) in [5.41, 5.74) is 1.88. The lowest BCUT2D eigenvalue weighted by Gasteiger charge is -2.02. The van der Waals surface area contributed by atoms with E-state index in [0.717, 1.165) is 17.0 Å². The maximum absolute atomic E-state index is 11.9. The van der Waals surface area contributed by atoms with Crippen LogP contribution in [-0.2, 0) is 4.79 Å². The van der Waals surface area contributed by atoms with Crippen LogP contribution >= 0.6 is 11.8 Å². The number of aromatic nitrogens is 2. The first-order valence-corrected chi connectivity index (χ1v) is 9.04. The van der Waals surface area contributed by atoms with E-state index < -0.39 is 0 Å². The molecule has 0 spiro atoms. The summed E-state index contributed by atoms with van der Waals surface area (Å²) < 4.78 is 1.79. The molecule has 1 N–H and O–H groups in total. The Morgan fingerprint density at radius 2 is 1.80 bits per heavy atom. The normalized spacial score (nSPS) is 10.9. The van der Waals surface area contributed by atoms with Crippen LogP contribution in [-0.4, -0.2) is 28.0 Å². The van der Waals surface area contributed by atoms with Crippen LogP contribution in [0.5, 0.6) is 0 Å². The number of nitrogens with zero attached hydrogens (tertiary/aromatic N) is 2. The third-order valence-corrected chi connectivity index (χ3v) is 4.48. The van der Waals surface area contributed by atoms with Gasteiger partial charge in [0, 0.05) is 35.0 Å². The largest absolute Gasteiger partial charge is 0.352 e. The summed E-state index contributed by atoms with van der Waals surface area (Å²) in [6, 6.07) is 20.0. The third-order valence-electron chi connectivity index (χ3n) is 3.46. The molecule has 3 rings (SSSR count). The molecule has 25 heavy (non-hydrogen) atoms. The predicted octanol–water partition coefficient (Wildman–Crippen LogP) is 3.79. The zero-order chi connectivity index (χ0) is 17.3. The molecule has 126 valence electrons. The number of rotatable bonds is 7. The maximum atomic E-state index is 11.9. The molecule has 0 aliphatic heterocycles. The summed E-state index contributed by atoms with van der Waals surface area (Å²) in [6.07, 6.45) is 6.94. The number of amides is 1. The van der Waals surface area contributed by atoms with Crippen LogP contribution in [0.3, 0.4) is 0 Å². The molecule has 0 fully saturated rings. The van der Waals surface area contributed by atoms with Gasteiger partial charge in [-0.2, -0.15) is 5.10 Å². The van der Waals surface area contributed by atoms with Crippen molar-refractivity contribution in [2.24, 2.45) is 0 Å². The Bertz CT molecular complexity index is 828. The number of para-hydroxylation sites is 1. The van der Waals surface area contributed by atoms with Crippen molar-refractivity contribution in [2.75, 3.05) is 12.3 Å². The van der Waals surface area contributed by atoms with E-state index in [1.807, 2.05) is 54.7 Å². The summed E-state index contributed by atoms with van der Waals surface area (Å²) in [5, 5.41) is 7.19. The fourth-order valence-corrected chi connectivity index (χ4v) is 3.02. The van der Waals surface area contributed by atoms with Gasteiger partial charge in [0.2, 0.25) is 5.91 Å².